The fourth-order valence-electron chi connectivity index (χ4n) is 3.14. The SMILES string of the molecule is CO[C@H]1[C@H](N(C)C(=O)c2cc3cc(F)ccc3[nH]2)COC[C@H]1OC. The number of methoxy groups -OCH3 is 2. The van der Waals surface area contributed by atoms with Crippen LogP contribution < -0.4 is 0 Å². The lowest BCUT2D eigenvalue weighted by Gasteiger charge is -2.40. The predicted molar refractivity (Wildman–Crippen MR) is 86.6 cm³/mol. The molecule has 0 unspecified atom stereocenters. The van der Waals surface area contributed by atoms with Crippen molar-refractivity contribution >= 4 is 16.8 Å². The average Bonchev–Trinajstić information content (AvgIpc) is 3.02. The first-order chi connectivity index (χ1) is 11.5. The third kappa shape index (κ3) is 3.02. The minimum absolute atomic E-state index is 0.209. The third-order valence-corrected chi connectivity index (χ3v) is 4.52. The largest absolute Gasteiger partial charge is 0.376 e. The number of halogens is 1. The van der Waals surface area contributed by atoms with Crippen LogP contribution in [-0.2, 0) is 14.2 Å². The van der Waals surface area contributed by atoms with Crippen molar-refractivity contribution in [2.75, 3.05) is 34.5 Å². The van der Waals surface area contributed by atoms with Crippen molar-refractivity contribution < 1.29 is 23.4 Å². The molecule has 1 aliphatic heterocycles. The van der Waals surface area contributed by atoms with E-state index in [4.69, 9.17) is 14.2 Å². The molecule has 0 spiro atoms. The number of carbonyl (C=O) groups excluding carboxylic acids is 1. The van der Waals surface area contributed by atoms with Gasteiger partial charge in [0, 0.05) is 32.2 Å². The molecule has 1 fully saturated rings. The van der Waals surface area contributed by atoms with Gasteiger partial charge in [-0.1, -0.05) is 0 Å². The van der Waals surface area contributed by atoms with Crippen molar-refractivity contribution in [2.24, 2.45) is 0 Å². The van der Waals surface area contributed by atoms with Gasteiger partial charge in [0.25, 0.3) is 5.91 Å². The second-order valence-corrected chi connectivity index (χ2v) is 5.91. The quantitative estimate of drug-likeness (QED) is 0.925. The van der Waals surface area contributed by atoms with Crippen LogP contribution in [0.15, 0.2) is 24.3 Å². The van der Waals surface area contributed by atoms with Gasteiger partial charge >= 0.3 is 0 Å². The molecule has 7 heteroatoms. The molecule has 1 aromatic heterocycles. The second kappa shape index (κ2) is 6.88. The summed E-state index contributed by atoms with van der Waals surface area (Å²) in [6.07, 6.45) is -0.514. The Morgan fingerprint density at radius 3 is 2.79 bits per heavy atom. The van der Waals surface area contributed by atoms with Crippen molar-refractivity contribution in [2.45, 2.75) is 18.2 Å². The van der Waals surface area contributed by atoms with E-state index < -0.39 is 0 Å². The standard InChI is InChI=1S/C17H21FN2O4/c1-20(14-8-24-9-15(22-2)16(14)23-3)17(21)13-7-10-6-11(18)4-5-12(10)19-13/h4-7,14-16,19H,8-9H2,1-3H3/t14-,15-,16+/m1/s1. The van der Waals surface area contributed by atoms with Crippen LogP contribution in [0.2, 0.25) is 0 Å². The summed E-state index contributed by atoms with van der Waals surface area (Å²) in [6, 6.07) is 5.74. The van der Waals surface area contributed by atoms with E-state index in [0.29, 0.717) is 29.8 Å². The van der Waals surface area contributed by atoms with Gasteiger partial charge in [-0.2, -0.15) is 0 Å². The van der Waals surface area contributed by atoms with Gasteiger partial charge < -0.3 is 24.1 Å². The molecule has 1 saturated heterocycles. The average molecular weight is 336 g/mol. The second-order valence-electron chi connectivity index (χ2n) is 5.91. The van der Waals surface area contributed by atoms with Gasteiger partial charge in [-0.25, -0.2) is 4.39 Å². The summed E-state index contributed by atoms with van der Waals surface area (Å²) in [4.78, 5) is 17.4. The van der Waals surface area contributed by atoms with Crippen LogP contribution >= 0.6 is 0 Å². The van der Waals surface area contributed by atoms with Gasteiger partial charge in [0.15, 0.2) is 0 Å². The number of amides is 1. The van der Waals surface area contributed by atoms with Crippen LogP contribution in [0.4, 0.5) is 4.39 Å². The molecule has 1 aliphatic rings. The number of nitrogens with one attached hydrogen (secondary N) is 1. The lowest BCUT2D eigenvalue weighted by atomic mass is 10.0. The highest BCUT2D eigenvalue weighted by Gasteiger charge is 2.38. The highest BCUT2D eigenvalue weighted by Crippen LogP contribution is 2.22. The fourth-order valence-corrected chi connectivity index (χ4v) is 3.14. The summed E-state index contributed by atoms with van der Waals surface area (Å²) < 4.78 is 29.8. The minimum atomic E-state index is -0.336. The molecule has 24 heavy (non-hydrogen) atoms. The molecular weight excluding hydrogens is 315 g/mol. The number of hydrogen-bond donors (Lipinski definition) is 1. The predicted octanol–water partition coefficient (Wildman–Crippen LogP) is 1.81. The van der Waals surface area contributed by atoms with Crippen molar-refractivity contribution in [3.05, 3.63) is 35.8 Å². The number of benzene rings is 1. The lowest BCUT2D eigenvalue weighted by molar-refractivity contribution is -0.147. The van der Waals surface area contributed by atoms with E-state index in [9.17, 15) is 9.18 Å². The first-order valence-electron chi connectivity index (χ1n) is 7.74. The number of aromatic amines is 1. The van der Waals surface area contributed by atoms with Crippen LogP contribution in [0.5, 0.6) is 0 Å². The van der Waals surface area contributed by atoms with Gasteiger partial charge in [0.1, 0.15) is 23.7 Å². The van der Waals surface area contributed by atoms with Gasteiger partial charge in [-0.05, 0) is 24.3 Å². The van der Waals surface area contributed by atoms with Crippen molar-refractivity contribution in [1.82, 2.24) is 9.88 Å². The zero-order valence-corrected chi connectivity index (χ0v) is 13.9. The number of rotatable bonds is 4. The monoisotopic (exact) mass is 336 g/mol. The molecule has 1 N–H and O–H groups in total. The van der Waals surface area contributed by atoms with Crippen LogP contribution in [-0.4, -0.2) is 68.5 Å². The summed E-state index contributed by atoms with van der Waals surface area (Å²) in [7, 11) is 4.89. The molecular formula is C17H21FN2O4. The smallest absolute Gasteiger partial charge is 0.270 e. The highest BCUT2D eigenvalue weighted by molar-refractivity contribution is 5.98. The van der Waals surface area contributed by atoms with E-state index in [1.807, 2.05) is 0 Å². The lowest BCUT2D eigenvalue weighted by Crippen LogP contribution is -2.57. The van der Waals surface area contributed by atoms with Crippen LogP contribution in [0.1, 0.15) is 10.5 Å². The molecule has 6 nitrogen and oxygen atoms in total. The Morgan fingerprint density at radius 1 is 1.29 bits per heavy atom. The number of carbonyl (C=O) groups is 1. The molecule has 0 aliphatic carbocycles. The van der Waals surface area contributed by atoms with Crippen LogP contribution in [0.25, 0.3) is 10.9 Å². The summed E-state index contributed by atoms with van der Waals surface area (Å²) in [5.41, 5.74) is 1.11. The molecule has 0 radical (unpaired) electrons. The highest BCUT2D eigenvalue weighted by atomic mass is 19.1. The first kappa shape index (κ1) is 16.9. The Morgan fingerprint density at radius 2 is 2.08 bits per heavy atom. The maximum absolute atomic E-state index is 13.3. The minimum Gasteiger partial charge on any atom is -0.376 e. The van der Waals surface area contributed by atoms with E-state index in [-0.39, 0.29) is 30.0 Å². The number of hydrogen-bond acceptors (Lipinski definition) is 4. The van der Waals surface area contributed by atoms with E-state index in [1.165, 1.54) is 12.1 Å². The topological polar surface area (TPSA) is 63.8 Å². The fraction of sp³-hybridized carbons (Fsp3) is 0.471. The first-order valence-corrected chi connectivity index (χ1v) is 7.74. The molecule has 3 rings (SSSR count). The molecule has 1 amide bonds. The van der Waals surface area contributed by atoms with Gasteiger partial charge in [0.2, 0.25) is 0 Å². The molecule has 2 heterocycles. The Hall–Kier alpha value is -1.96. The number of H-pyrrole nitrogens is 1. The molecule has 1 aromatic carbocycles. The maximum atomic E-state index is 13.3. The Balaban J connectivity index is 1.84. The number of fused-ring (bicyclic) bond motifs is 1. The molecule has 0 saturated carbocycles. The summed E-state index contributed by atoms with van der Waals surface area (Å²) in [5, 5.41) is 0.657. The van der Waals surface area contributed by atoms with E-state index in [2.05, 4.69) is 4.98 Å². The number of aromatic nitrogens is 1. The number of likely N-dealkylation sites (N-methyl/N-ethyl adjacent to an activating group) is 1. The summed E-state index contributed by atoms with van der Waals surface area (Å²) in [6.45, 7) is 0.800. The molecule has 130 valence electrons. The Kier molecular flexibility index (Phi) is 4.84. The van der Waals surface area contributed by atoms with E-state index >= 15 is 0 Å². The zero-order valence-electron chi connectivity index (χ0n) is 13.9. The molecule has 0 bridgehead atoms. The Bertz CT molecular complexity index is 732. The van der Waals surface area contributed by atoms with Gasteiger partial charge in [0.05, 0.1) is 19.3 Å². The Labute approximate surface area is 139 Å². The summed E-state index contributed by atoms with van der Waals surface area (Å²) >= 11 is 0. The van der Waals surface area contributed by atoms with Gasteiger partial charge in [-0.3, -0.25) is 4.79 Å². The van der Waals surface area contributed by atoms with Crippen molar-refractivity contribution in [1.29, 1.82) is 0 Å². The third-order valence-electron chi connectivity index (χ3n) is 4.52. The van der Waals surface area contributed by atoms with Gasteiger partial charge in [-0.15, -0.1) is 0 Å². The van der Waals surface area contributed by atoms with Crippen molar-refractivity contribution in [3.63, 3.8) is 0 Å². The number of ether oxygens (including phenoxy) is 3. The normalized spacial score (nSPS) is 24.2. The van der Waals surface area contributed by atoms with E-state index in [0.717, 1.165) is 0 Å². The maximum Gasteiger partial charge on any atom is 0.270 e. The van der Waals surface area contributed by atoms with E-state index in [1.54, 1.807) is 38.3 Å². The van der Waals surface area contributed by atoms with Crippen molar-refractivity contribution in [3.8, 4) is 0 Å². The van der Waals surface area contributed by atoms with Crippen LogP contribution in [0.3, 0.4) is 0 Å². The van der Waals surface area contributed by atoms with Crippen LogP contribution in [0, 0.1) is 5.82 Å². The number of nitrogens with zero attached hydrogens (tertiary/aromatic N) is 1. The molecule has 3 atom stereocenters. The summed E-state index contributed by atoms with van der Waals surface area (Å²) in [5.74, 6) is -0.545. The zero-order chi connectivity index (χ0) is 17.3. The molecule has 2 aromatic rings.